The fourth-order valence-electron chi connectivity index (χ4n) is 2.53. The van der Waals surface area contributed by atoms with Crippen LogP contribution in [-0.2, 0) is 33.4 Å². The number of carboxylic acids is 1. The number of aliphatic carboxylic acids is 1. The molecule has 1 aliphatic rings. The predicted molar refractivity (Wildman–Crippen MR) is 118 cm³/mol. The molecule has 3 atom stereocenters. The largest absolute Gasteiger partial charge is 0.481 e. The first-order chi connectivity index (χ1) is 16.5. The van der Waals surface area contributed by atoms with Gasteiger partial charge in [0, 0.05) is 45.4 Å². The number of carbonyl (C=O) groups is 5. The molecular formula is C21H29NO13. The third-order valence-electron chi connectivity index (χ3n) is 3.62. The van der Waals surface area contributed by atoms with E-state index in [1.165, 1.54) is 33.1 Å². The van der Waals surface area contributed by atoms with E-state index < -0.39 is 47.0 Å². The minimum Gasteiger partial charge on any atom is -0.481 e. The van der Waals surface area contributed by atoms with Crippen molar-refractivity contribution >= 4 is 36.2 Å². The van der Waals surface area contributed by atoms with E-state index in [9.17, 15) is 24.5 Å². The molecule has 0 aromatic heterocycles. The second-order valence-corrected chi connectivity index (χ2v) is 6.25. The molecule has 0 saturated carbocycles. The van der Waals surface area contributed by atoms with Gasteiger partial charge in [-0.15, -0.1) is 0 Å². The Morgan fingerprint density at radius 3 is 2.14 bits per heavy atom. The molecule has 0 amide bonds. The van der Waals surface area contributed by atoms with Crippen LogP contribution in [0.5, 0.6) is 5.75 Å². The maximum absolute atomic E-state index is 11.8. The summed E-state index contributed by atoms with van der Waals surface area (Å²) in [6, 6.07) is 3.67. The summed E-state index contributed by atoms with van der Waals surface area (Å²) in [5.41, 5.74) is -0.318. The number of carbonyl (C=O) groups excluding carboxylic acids is 4. The van der Waals surface area contributed by atoms with Crippen molar-refractivity contribution in [3.8, 4) is 5.75 Å². The summed E-state index contributed by atoms with van der Waals surface area (Å²) in [6.07, 6.45) is -1.44. The van der Waals surface area contributed by atoms with Gasteiger partial charge in [-0.2, -0.15) is 0 Å². The Balaban J connectivity index is 0. The molecule has 0 aliphatic carbocycles. The normalized spacial score (nSPS) is 17.7. The number of aliphatic hydroxyl groups is 1. The molecule has 1 saturated heterocycles. The molecule has 1 aromatic rings. The molecule has 14 nitrogen and oxygen atoms in total. The van der Waals surface area contributed by atoms with Crippen LogP contribution < -0.4 is 4.74 Å². The standard InChI is InChI=1S/C16H17NO9.C2H4O2.C2H4O.CH4O/c1-9(19)24-11-6-14(16(20)23-2)26-15(7-11)25-13-4-3-10(8-18)5-12(13)17(21)22;1-2(3)4;1-2-3;1-2/h3-5,8,11,14-15H,6-7H2,1-2H3;1H3,(H,3,4);2H,1H3;2H,1H3/t11-,14?,15+;;;/m0.../s1. The van der Waals surface area contributed by atoms with Crippen LogP contribution in [0, 0.1) is 10.1 Å². The molecule has 2 N–H and O–H groups in total. The Bertz CT molecular complexity index is 852. The lowest BCUT2D eigenvalue weighted by molar-refractivity contribution is -0.386. The van der Waals surface area contributed by atoms with Gasteiger partial charge in [0.15, 0.2) is 11.9 Å². The predicted octanol–water partition coefficient (Wildman–Crippen LogP) is 1.30. The van der Waals surface area contributed by atoms with Crippen molar-refractivity contribution in [3.63, 3.8) is 0 Å². The number of esters is 2. The third kappa shape index (κ3) is 14.1. The van der Waals surface area contributed by atoms with Gasteiger partial charge in [-0.25, -0.2) is 4.79 Å². The number of aldehydes is 2. The van der Waals surface area contributed by atoms with Crippen LogP contribution in [0.2, 0.25) is 0 Å². The maximum atomic E-state index is 11.8. The van der Waals surface area contributed by atoms with Crippen molar-refractivity contribution in [2.75, 3.05) is 14.2 Å². The minimum absolute atomic E-state index is 0.0691. The van der Waals surface area contributed by atoms with Gasteiger partial charge in [-0.3, -0.25) is 24.5 Å². The summed E-state index contributed by atoms with van der Waals surface area (Å²) in [6.45, 7) is 3.75. The number of methoxy groups -OCH3 is 1. The topological polar surface area (TPSA) is 206 Å². The average Bonchev–Trinajstić information content (AvgIpc) is 2.79. The molecule has 1 aromatic carbocycles. The zero-order valence-corrected chi connectivity index (χ0v) is 19.9. The summed E-state index contributed by atoms with van der Waals surface area (Å²) < 4.78 is 20.7. The number of carboxylic acid groups (broad SMARTS) is 1. The van der Waals surface area contributed by atoms with Gasteiger partial charge in [0.05, 0.1) is 12.0 Å². The van der Waals surface area contributed by atoms with Gasteiger partial charge in [0.1, 0.15) is 18.7 Å². The lowest BCUT2D eigenvalue weighted by Gasteiger charge is -2.33. The molecule has 196 valence electrons. The second kappa shape index (κ2) is 18.5. The monoisotopic (exact) mass is 503 g/mol. The first kappa shape index (κ1) is 33.3. The van der Waals surface area contributed by atoms with E-state index in [2.05, 4.69) is 4.74 Å². The van der Waals surface area contributed by atoms with E-state index in [1.54, 1.807) is 0 Å². The fraction of sp³-hybridized carbons (Fsp3) is 0.476. The van der Waals surface area contributed by atoms with Gasteiger partial charge in [-0.1, -0.05) is 0 Å². The van der Waals surface area contributed by atoms with Crippen molar-refractivity contribution < 1.29 is 58.1 Å². The first-order valence-corrected chi connectivity index (χ1v) is 9.83. The molecule has 14 heteroatoms. The summed E-state index contributed by atoms with van der Waals surface area (Å²) in [4.78, 5) is 62.0. The van der Waals surface area contributed by atoms with Gasteiger partial charge >= 0.3 is 17.6 Å². The van der Waals surface area contributed by atoms with Crippen LogP contribution in [0.4, 0.5) is 5.69 Å². The van der Waals surface area contributed by atoms with Crippen molar-refractivity contribution in [2.24, 2.45) is 0 Å². The van der Waals surface area contributed by atoms with Crippen LogP contribution in [0.25, 0.3) is 0 Å². The van der Waals surface area contributed by atoms with E-state index in [1.807, 2.05) is 0 Å². The number of aliphatic hydroxyl groups excluding tert-OH is 1. The molecule has 0 radical (unpaired) electrons. The van der Waals surface area contributed by atoms with E-state index >= 15 is 0 Å². The summed E-state index contributed by atoms with van der Waals surface area (Å²) in [7, 11) is 2.18. The van der Waals surface area contributed by atoms with E-state index in [0.29, 0.717) is 6.29 Å². The molecule has 1 fully saturated rings. The summed E-state index contributed by atoms with van der Waals surface area (Å²) in [5, 5.41) is 25.6. The van der Waals surface area contributed by atoms with Crippen LogP contribution in [0.15, 0.2) is 18.2 Å². The first-order valence-electron chi connectivity index (χ1n) is 9.83. The van der Waals surface area contributed by atoms with Crippen molar-refractivity contribution in [2.45, 2.75) is 52.1 Å². The summed E-state index contributed by atoms with van der Waals surface area (Å²) >= 11 is 0. The molecule has 35 heavy (non-hydrogen) atoms. The molecular weight excluding hydrogens is 474 g/mol. The average molecular weight is 503 g/mol. The number of benzene rings is 1. The van der Waals surface area contributed by atoms with Crippen LogP contribution >= 0.6 is 0 Å². The Morgan fingerprint density at radius 2 is 1.71 bits per heavy atom. The Morgan fingerprint density at radius 1 is 1.17 bits per heavy atom. The zero-order chi connectivity index (χ0) is 27.6. The van der Waals surface area contributed by atoms with E-state index in [4.69, 9.17) is 34.0 Å². The van der Waals surface area contributed by atoms with Crippen molar-refractivity contribution in [3.05, 3.63) is 33.9 Å². The molecule has 1 heterocycles. The molecule has 1 unspecified atom stereocenters. The second-order valence-electron chi connectivity index (χ2n) is 6.25. The molecule has 0 bridgehead atoms. The molecule has 2 rings (SSSR count). The van der Waals surface area contributed by atoms with Crippen LogP contribution in [0.1, 0.15) is 44.0 Å². The number of rotatable bonds is 6. The number of nitrogens with zero attached hydrogens (tertiary/aromatic N) is 1. The maximum Gasteiger partial charge on any atom is 0.335 e. The van der Waals surface area contributed by atoms with Crippen molar-refractivity contribution in [1.82, 2.24) is 0 Å². The van der Waals surface area contributed by atoms with Crippen LogP contribution in [-0.4, -0.2) is 78.3 Å². The molecule has 1 aliphatic heterocycles. The lowest BCUT2D eigenvalue weighted by atomic mass is 10.0. The van der Waals surface area contributed by atoms with Gasteiger partial charge in [0.2, 0.25) is 6.29 Å². The van der Waals surface area contributed by atoms with Gasteiger partial charge < -0.3 is 34.0 Å². The smallest absolute Gasteiger partial charge is 0.335 e. The quantitative estimate of drug-likeness (QED) is 0.243. The number of nitro benzene ring substituents is 1. The van der Waals surface area contributed by atoms with Gasteiger partial charge in [0.25, 0.3) is 5.97 Å². The summed E-state index contributed by atoms with van der Waals surface area (Å²) in [5.74, 6) is -2.19. The minimum atomic E-state index is -1.09. The Kier molecular flexibility index (Phi) is 17.6. The lowest BCUT2D eigenvalue weighted by Crippen LogP contribution is -2.44. The fourth-order valence-corrected chi connectivity index (χ4v) is 2.53. The van der Waals surface area contributed by atoms with Crippen molar-refractivity contribution in [1.29, 1.82) is 0 Å². The number of hydrogen-bond donors (Lipinski definition) is 2. The van der Waals surface area contributed by atoms with Crippen LogP contribution in [0.3, 0.4) is 0 Å². The number of nitro groups is 1. The van der Waals surface area contributed by atoms with E-state index in [-0.39, 0.29) is 24.2 Å². The number of hydrogen-bond acceptors (Lipinski definition) is 12. The Hall–Kier alpha value is -3.91. The highest BCUT2D eigenvalue weighted by Gasteiger charge is 2.38. The number of ether oxygens (including phenoxy) is 4. The highest BCUT2D eigenvalue weighted by molar-refractivity contribution is 5.77. The highest BCUT2D eigenvalue weighted by atomic mass is 16.7. The highest BCUT2D eigenvalue weighted by Crippen LogP contribution is 2.32. The molecule has 0 spiro atoms. The van der Waals surface area contributed by atoms with Gasteiger partial charge in [-0.05, 0) is 19.1 Å². The third-order valence-corrected chi connectivity index (χ3v) is 3.62. The SMILES string of the molecule is CC(=O)O.CC=O.CO.COC(=O)C1C[C@H](OC(C)=O)C[C@H](Oc2ccc(C=O)cc2[N+](=O)[O-])O1. The Labute approximate surface area is 200 Å². The zero-order valence-electron chi connectivity index (χ0n) is 19.9. The van der Waals surface area contributed by atoms with E-state index in [0.717, 1.165) is 26.4 Å².